The Balaban J connectivity index is 1.06. The third kappa shape index (κ3) is 4.72. The van der Waals surface area contributed by atoms with Gasteiger partial charge in [-0.2, -0.15) is 0 Å². The second-order valence-electron chi connectivity index (χ2n) is 16.0. The Morgan fingerprint density at radius 3 is 1.59 bits per heavy atom. The summed E-state index contributed by atoms with van der Waals surface area (Å²) < 4.78 is 2.44. The van der Waals surface area contributed by atoms with E-state index in [2.05, 4.69) is 164 Å². The maximum atomic E-state index is 5.15. The van der Waals surface area contributed by atoms with E-state index in [1.165, 1.54) is 77.4 Å². The summed E-state index contributed by atoms with van der Waals surface area (Å²) >= 11 is 0. The van der Waals surface area contributed by atoms with E-state index >= 15 is 0 Å². The number of para-hydroxylation sites is 1. The molecule has 0 aliphatic heterocycles. The summed E-state index contributed by atoms with van der Waals surface area (Å²) in [7, 11) is 0. The number of hydrogen-bond acceptors (Lipinski definition) is 3. The first-order chi connectivity index (χ1) is 28.5. The first-order valence-corrected chi connectivity index (χ1v) is 20.0. The molecule has 58 heavy (non-hydrogen) atoms. The van der Waals surface area contributed by atoms with Crippen molar-refractivity contribution in [1.29, 1.82) is 0 Å². The van der Waals surface area contributed by atoms with Gasteiger partial charge in [0.2, 0.25) is 0 Å². The lowest BCUT2D eigenvalue weighted by atomic mass is 9.74. The number of hydrogen-bond donors (Lipinski definition) is 0. The van der Waals surface area contributed by atoms with Crippen LogP contribution in [-0.4, -0.2) is 19.5 Å². The van der Waals surface area contributed by atoms with Gasteiger partial charge in [0.25, 0.3) is 0 Å². The zero-order valence-electron chi connectivity index (χ0n) is 32.1. The predicted molar refractivity (Wildman–Crippen MR) is 238 cm³/mol. The SMILES string of the molecule is CC1(C)c2ccccc2-c2cc3c4cc(-c5cccc6c5-c5c(-c7nc(-c8ccccc8)nc(-c8ccccc8)n7)cccc5-6)ccc4n(-c4ccccc4)c3cc21. The van der Waals surface area contributed by atoms with Gasteiger partial charge in [-0.15, -0.1) is 0 Å². The number of fused-ring (bicyclic) bond motifs is 10. The molecule has 0 spiro atoms. The van der Waals surface area contributed by atoms with Gasteiger partial charge in [0.1, 0.15) is 0 Å². The molecule has 0 amide bonds. The van der Waals surface area contributed by atoms with Gasteiger partial charge in [-0.25, -0.2) is 15.0 Å². The molecule has 4 nitrogen and oxygen atoms in total. The van der Waals surface area contributed by atoms with E-state index in [1.54, 1.807) is 0 Å². The molecule has 2 aliphatic carbocycles. The second kappa shape index (κ2) is 12.3. The fourth-order valence-corrected chi connectivity index (χ4v) is 9.62. The number of aromatic nitrogens is 4. The third-order valence-corrected chi connectivity index (χ3v) is 12.4. The van der Waals surface area contributed by atoms with Crippen LogP contribution in [0.4, 0.5) is 0 Å². The highest BCUT2D eigenvalue weighted by Crippen LogP contribution is 2.56. The molecule has 10 aromatic rings. The largest absolute Gasteiger partial charge is 0.309 e. The number of nitrogens with zero attached hydrogens (tertiary/aromatic N) is 4. The van der Waals surface area contributed by atoms with Crippen molar-refractivity contribution in [2.45, 2.75) is 19.3 Å². The van der Waals surface area contributed by atoms with Gasteiger partial charge < -0.3 is 4.57 Å². The van der Waals surface area contributed by atoms with E-state index in [-0.39, 0.29) is 5.41 Å². The minimum absolute atomic E-state index is 0.0943. The lowest BCUT2D eigenvalue weighted by molar-refractivity contribution is 0.661. The van der Waals surface area contributed by atoms with Crippen LogP contribution in [0.2, 0.25) is 0 Å². The lowest BCUT2D eigenvalue weighted by Crippen LogP contribution is -2.14. The summed E-state index contributed by atoms with van der Waals surface area (Å²) in [6.07, 6.45) is 0. The van der Waals surface area contributed by atoms with Crippen molar-refractivity contribution in [1.82, 2.24) is 19.5 Å². The summed E-state index contributed by atoms with van der Waals surface area (Å²) in [6.45, 7) is 4.72. The molecule has 0 bridgehead atoms. The highest BCUT2D eigenvalue weighted by Gasteiger charge is 2.36. The first kappa shape index (κ1) is 32.8. The Morgan fingerprint density at radius 1 is 0.362 bits per heavy atom. The van der Waals surface area contributed by atoms with E-state index in [4.69, 9.17) is 15.0 Å². The minimum Gasteiger partial charge on any atom is -0.309 e. The zero-order valence-corrected chi connectivity index (χ0v) is 32.1. The summed E-state index contributed by atoms with van der Waals surface area (Å²) in [6, 6.07) is 65.2. The van der Waals surface area contributed by atoms with Crippen molar-refractivity contribution in [3.05, 3.63) is 193 Å². The Bertz CT molecular complexity index is 3230. The van der Waals surface area contributed by atoms with Crippen LogP contribution in [0.15, 0.2) is 182 Å². The molecule has 0 unspecified atom stereocenters. The Morgan fingerprint density at radius 2 is 0.897 bits per heavy atom. The Labute approximate surface area is 336 Å². The molecule has 272 valence electrons. The van der Waals surface area contributed by atoms with E-state index in [0.29, 0.717) is 17.5 Å². The topological polar surface area (TPSA) is 43.6 Å². The van der Waals surface area contributed by atoms with Crippen molar-refractivity contribution in [2.24, 2.45) is 0 Å². The average Bonchev–Trinajstić information content (AvgIpc) is 3.72. The maximum Gasteiger partial charge on any atom is 0.164 e. The highest BCUT2D eigenvalue weighted by atomic mass is 15.0. The maximum absolute atomic E-state index is 5.15. The Kier molecular flexibility index (Phi) is 6.94. The second-order valence-corrected chi connectivity index (χ2v) is 16.0. The summed E-state index contributed by atoms with van der Waals surface area (Å²) in [5.41, 5.74) is 19.1. The van der Waals surface area contributed by atoms with Crippen LogP contribution in [0, 0.1) is 0 Å². The highest BCUT2D eigenvalue weighted by molar-refractivity contribution is 6.16. The van der Waals surface area contributed by atoms with Crippen molar-refractivity contribution in [3.8, 4) is 84.4 Å². The van der Waals surface area contributed by atoms with Gasteiger partial charge in [0, 0.05) is 44.1 Å². The third-order valence-electron chi connectivity index (χ3n) is 12.4. The summed E-state index contributed by atoms with van der Waals surface area (Å²) in [5, 5.41) is 2.50. The normalized spacial score (nSPS) is 13.1. The van der Waals surface area contributed by atoms with Gasteiger partial charge in [-0.3, -0.25) is 0 Å². The molecule has 0 saturated heterocycles. The molecule has 12 rings (SSSR count). The van der Waals surface area contributed by atoms with Crippen molar-refractivity contribution < 1.29 is 0 Å². The van der Waals surface area contributed by atoms with Crippen LogP contribution >= 0.6 is 0 Å². The van der Waals surface area contributed by atoms with E-state index in [1.807, 2.05) is 36.4 Å². The molecule has 2 heterocycles. The molecule has 0 saturated carbocycles. The molecule has 0 radical (unpaired) electrons. The molecule has 2 aromatic heterocycles. The fourth-order valence-electron chi connectivity index (χ4n) is 9.62. The quantitative estimate of drug-likeness (QED) is 0.176. The summed E-state index contributed by atoms with van der Waals surface area (Å²) in [5.74, 6) is 1.99. The summed E-state index contributed by atoms with van der Waals surface area (Å²) in [4.78, 5) is 15.3. The van der Waals surface area contributed by atoms with Crippen LogP contribution in [0.5, 0.6) is 0 Å². The van der Waals surface area contributed by atoms with Crippen LogP contribution < -0.4 is 0 Å². The van der Waals surface area contributed by atoms with E-state index < -0.39 is 0 Å². The van der Waals surface area contributed by atoms with Crippen LogP contribution in [0.1, 0.15) is 25.0 Å². The van der Waals surface area contributed by atoms with Crippen LogP contribution in [0.3, 0.4) is 0 Å². The van der Waals surface area contributed by atoms with E-state index in [9.17, 15) is 0 Å². The molecule has 8 aromatic carbocycles. The molecule has 2 aliphatic rings. The predicted octanol–water partition coefficient (Wildman–Crippen LogP) is 13.6. The average molecular weight is 741 g/mol. The molecular formula is C54H36N4. The van der Waals surface area contributed by atoms with Gasteiger partial charge >= 0.3 is 0 Å². The van der Waals surface area contributed by atoms with Crippen molar-refractivity contribution in [2.75, 3.05) is 0 Å². The molecular weight excluding hydrogens is 705 g/mol. The van der Waals surface area contributed by atoms with Gasteiger partial charge in [0.15, 0.2) is 17.5 Å². The molecule has 0 N–H and O–H groups in total. The molecule has 0 atom stereocenters. The van der Waals surface area contributed by atoms with Gasteiger partial charge in [0.05, 0.1) is 11.0 Å². The van der Waals surface area contributed by atoms with Gasteiger partial charge in [-0.1, -0.05) is 159 Å². The zero-order chi connectivity index (χ0) is 38.5. The standard InChI is InChI=1S/C54H36N4/c1-54(2)45-27-13-12-22-38(45)42-31-44-43-30-35(28-29-47(43)58(48(44)32-46(42)54)36-20-10-5-11-21-36)37-23-14-24-39-40-25-15-26-41(50(40)49(37)39)53-56-51(33-16-6-3-7-17-33)55-52(57-53)34-18-8-4-9-19-34/h3-32H,1-2H3. The minimum atomic E-state index is -0.0943. The smallest absolute Gasteiger partial charge is 0.164 e. The van der Waals surface area contributed by atoms with Crippen LogP contribution in [0.25, 0.3) is 106 Å². The number of benzene rings is 8. The number of rotatable bonds is 5. The van der Waals surface area contributed by atoms with Crippen LogP contribution in [-0.2, 0) is 5.41 Å². The van der Waals surface area contributed by atoms with E-state index in [0.717, 1.165) is 22.4 Å². The fraction of sp³-hybridized carbons (Fsp3) is 0.0556. The van der Waals surface area contributed by atoms with Crippen molar-refractivity contribution >= 4 is 21.8 Å². The monoisotopic (exact) mass is 740 g/mol. The first-order valence-electron chi connectivity index (χ1n) is 20.0. The lowest BCUT2D eigenvalue weighted by Gasteiger charge is -2.29. The molecule has 4 heteroatoms. The molecule has 0 fully saturated rings. The van der Waals surface area contributed by atoms with Gasteiger partial charge in [-0.05, 0) is 86.5 Å². The van der Waals surface area contributed by atoms with Crippen molar-refractivity contribution in [3.63, 3.8) is 0 Å². The Hall–Kier alpha value is -7.43.